The smallest absolute Gasteiger partial charge is 0.254 e. The van der Waals surface area contributed by atoms with Crippen molar-refractivity contribution >= 4 is 11.6 Å². The van der Waals surface area contributed by atoms with Crippen LogP contribution in [0.1, 0.15) is 28.4 Å². The fourth-order valence-electron chi connectivity index (χ4n) is 5.86. The van der Waals surface area contributed by atoms with Crippen LogP contribution in [0.15, 0.2) is 60.7 Å². The van der Waals surface area contributed by atoms with Crippen LogP contribution < -0.4 is 19.1 Å². The van der Waals surface area contributed by atoms with E-state index in [1.807, 2.05) is 30.1 Å². The van der Waals surface area contributed by atoms with E-state index in [-0.39, 0.29) is 37.3 Å². The standard InChI is InChI=1S/C28H28N2O5/c1-29-23-8-6-18(17-4-3-5-20(12-17)33-2)13-22(23)27-21(24(29)15-31)10-11-30(27)28(32)19-7-9-25-26(14-19)35-16-34-25/h3-9,12-14,21,24,27,31H,10-11,15-16H2,1-2H3/t21-,24-,27-/m0/s1. The molecule has 0 saturated carbocycles. The Morgan fingerprint density at radius 3 is 2.71 bits per heavy atom. The molecule has 3 atom stereocenters. The molecular weight excluding hydrogens is 444 g/mol. The zero-order valence-corrected chi connectivity index (χ0v) is 19.8. The van der Waals surface area contributed by atoms with Crippen molar-refractivity contribution in [1.82, 2.24) is 4.90 Å². The Balaban J connectivity index is 1.42. The number of anilines is 1. The second kappa shape index (κ2) is 8.50. The lowest BCUT2D eigenvalue weighted by Gasteiger charge is -2.44. The molecule has 3 aromatic rings. The topological polar surface area (TPSA) is 71.5 Å². The Labute approximate surface area is 204 Å². The largest absolute Gasteiger partial charge is 0.497 e. The van der Waals surface area contributed by atoms with Crippen LogP contribution in [0.25, 0.3) is 11.1 Å². The summed E-state index contributed by atoms with van der Waals surface area (Å²) in [6.07, 6.45) is 0.833. The molecule has 3 aliphatic heterocycles. The number of benzene rings is 3. The van der Waals surface area contributed by atoms with Crippen molar-refractivity contribution in [2.24, 2.45) is 5.92 Å². The number of methoxy groups -OCH3 is 1. The minimum absolute atomic E-state index is 0.0326. The summed E-state index contributed by atoms with van der Waals surface area (Å²) in [5.74, 6) is 2.17. The van der Waals surface area contributed by atoms with Crippen LogP contribution in [-0.4, -0.2) is 56.1 Å². The highest BCUT2D eigenvalue weighted by Gasteiger charge is 2.47. The maximum Gasteiger partial charge on any atom is 0.254 e. The van der Waals surface area contributed by atoms with Crippen molar-refractivity contribution in [1.29, 1.82) is 0 Å². The fraction of sp³-hybridized carbons (Fsp3) is 0.321. The van der Waals surface area contributed by atoms with E-state index in [1.165, 1.54) is 0 Å². The van der Waals surface area contributed by atoms with Crippen LogP contribution >= 0.6 is 0 Å². The number of rotatable bonds is 4. The number of carbonyl (C=O) groups excluding carboxylic acids is 1. The molecular formula is C28H28N2O5. The van der Waals surface area contributed by atoms with E-state index in [4.69, 9.17) is 14.2 Å². The van der Waals surface area contributed by atoms with Crippen LogP contribution in [0.5, 0.6) is 17.2 Å². The molecule has 0 aliphatic carbocycles. The third-order valence-corrected chi connectivity index (χ3v) is 7.63. The van der Waals surface area contributed by atoms with Gasteiger partial charge in [0.2, 0.25) is 6.79 Å². The molecule has 180 valence electrons. The lowest BCUT2D eigenvalue weighted by molar-refractivity contribution is 0.0693. The summed E-state index contributed by atoms with van der Waals surface area (Å²) < 4.78 is 16.3. The zero-order chi connectivity index (χ0) is 24.1. The normalized spacial score (nSPS) is 22.1. The molecule has 7 nitrogen and oxygen atoms in total. The summed E-state index contributed by atoms with van der Waals surface area (Å²) in [6.45, 7) is 0.850. The summed E-state index contributed by atoms with van der Waals surface area (Å²) in [5.41, 5.74) is 4.86. The second-order valence-electron chi connectivity index (χ2n) is 9.33. The number of fused-ring (bicyclic) bond motifs is 4. The molecule has 0 spiro atoms. The van der Waals surface area contributed by atoms with Crippen LogP contribution in [0, 0.1) is 5.92 Å². The summed E-state index contributed by atoms with van der Waals surface area (Å²) in [7, 11) is 3.70. The Kier molecular flexibility index (Phi) is 5.29. The Hall–Kier alpha value is -3.71. The highest BCUT2D eigenvalue weighted by atomic mass is 16.7. The van der Waals surface area contributed by atoms with Crippen LogP contribution in [-0.2, 0) is 0 Å². The summed E-state index contributed by atoms with van der Waals surface area (Å²) >= 11 is 0. The lowest BCUT2D eigenvalue weighted by Crippen LogP contribution is -2.48. The molecule has 0 bridgehead atoms. The highest BCUT2D eigenvalue weighted by Crippen LogP contribution is 2.50. The second-order valence-corrected chi connectivity index (χ2v) is 9.33. The first-order valence-corrected chi connectivity index (χ1v) is 11.9. The molecule has 7 heteroatoms. The average molecular weight is 473 g/mol. The maximum atomic E-state index is 13.8. The predicted octanol–water partition coefficient (Wildman–Crippen LogP) is 4.11. The number of amides is 1. The number of aliphatic hydroxyl groups excluding tert-OH is 1. The van der Waals surface area contributed by atoms with Crippen LogP contribution in [0.2, 0.25) is 0 Å². The maximum absolute atomic E-state index is 13.8. The van der Waals surface area contributed by atoms with E-state index in [9.17, 15) is 9.90 Å². The summed E-state index contributed by atoms with van der Waals surface area (Å²) in [4.78, 5) is 17.9. The number of nitrogens with zero attached hydrogens (tertiary/aromatic N) is 2. The number of aliphatic hydroxyl groups is 1. The molecule has 6 rings (SSSR count). The highest BCUT2D eigenvalue weighted by molar-refractivity contribution is 5.95. The molecule has 1 amide bonds. The zero-order valence-electron chi connectivity index (χ0n) is 19.8. The van der Waals surface area contributed by atoms with E-state index in [2.05, 4.69) is 29.2 Å². The van der Waals surface area contributed by atoms with E-state index in [0.717, 1.165) is 34.5 Å². The van der Waals surface area contributed by atoms with Crippen LogP contribution in [0.4, 0.5) is 5.69 Å². The van der Waals surface area contributed by atoms with Gasteiger partial charge in [0, 0.05) is 30.8 Å². The van der Waals surface area contributed by atoms with E-state index in [1.54, 1.807) is 25.3 Å². The molecule has 3 aliphatic rings. The Morgan fingerprint density at radius 1 is 1.06 bits per heavy atom. The first-order valence-electron chi connectivity index (χ1n) is 11.9. The SMILES string of the molecule is COc1cccc(-c2ccc3c(c2)[C@@H]2[C@@H](CCN2C(=O)c2ccc4c(c2)OCO4)[C@H](CO)N3C)c1. The molecule has 1 N–H and O–H groups in total. The minimum atomic E-state index is -0.123. The Bertz CT molecular complexity index is 1290. The van der Waals surface area contributed by atoms with Crippen molar-refractivity contribution in [3.63, 3.8) is 0 Å². The van der Waals surface area contributed by atoms with Crippen molar-refractivity contribution in [2.75, 3.05) is 39.0 Å². The number of likely N-dealkylation sites (tertiary alicyclic amines) is 1. The molecule has 1 saturated heterocycles. The molecule has 0 aromatic heterocycles. The third-order valence-electron chi connectivity index (χ3n) is 7.63. The number of hydrogen-bond donors (Lipinski definition) is 1. The van der Waals surface area contributed by atoms with Gasteiger partial charge < -0.3 is 29.1 Å². The molecule has 0 unspecified atom stereocenters. The van der Waals surface area contributed by atoms with E-state index in [0.29, 0.717) is 23.6 Å². The van der Waals surface area contributed by atoms with Gasteiger partial charge in [-0.2, -0.15) is 0 Å². The number of hydrogen-bond acceptors (Lipinski definition) is 6. The van der Waals surface area contributed by atoms with Gasteiger partial charge in [0.1, 0.15) is 5.75 Å². The number of ether oxygens (including phenoxy) is 3. The van der Waals surface area contributed by atoms with Gasteiger partial charge in [0.25, 0.3) is 5.91 Å². The average Bonchev–Trinajstić information content (AvgIpc) is 3.55. The fourth-order valence-corrected chi connectivity index (χ4v) is 5.86. The lowest BCUT2D eigenvalue weighted by atomic mass is 9.81. The number of likely N-dealkylation sites (N-methyl/N-ethyl adjacent to an activating group) is 1. The van der Waals surface area contributed by atoms with Gasteiger partial charge >= 0.3 is 0 Å². The van der Waals surface area contributed by atoms with Gasteiger partial charge in [-0.15, -0.1) is 0 Å². The molecule has 1 fully saturated rings. The van der Waals surface area contributed by atoms with Crippen LogP contribution in [0.3, 0.4) is 0 Å². The quantitative estimate of drug-likeness (QED) is 0.616. The van der Waals surface area contributed by atoms with Gasteiger partial charge in [-0.1, -0.05) is 18.2 Å². The number of carbonyl (C=O) groups is 1. The molecule has 0 radical (unpaired) electrons. The minimum Gasteiger partial charge on any atom is -0.497 e. The van der Waals surface area contributed by atoms with E-state index >= 15 is 0 Å². The van der Waals surface area contributed by atoms with Crippen molar-refractivity contribution in [3.8, 4) is 28.4 Å². The van der Waals surface area contributed by atoms with Crippen molar-refractivity contribution < 1.29 is 24.1 Å². The first kappa shape index (κ1) is 21.8. The summed E-state index contributed by atoms with van der Waals surface area (Å²) in [6, 6.07) is 19.6. The van der Waals surface area contributed by atoms with Gasteiger partial charge in [-0.25, -0.2) is 0 Å². The monoisotopic (exact) mass is 472 g/mol. The molecule has 35 heavy (non-hydrogen) atoms. The predicted molar refractivity (Wildman–Crippen MR) is 132 cm³/mol. The molecule has 3 aromatic carbocycles. The third kappa shape index (κ3) is 3.49. The Morgan fingerprint density at radius 2 is 1.89 bits per heavy atom. The molecule has 3 heterocycles. The summed E-state index contributed by atoms with van der Waals surface area (Å²) in [5, 5.41) is 10.3. The van der Waals surface area contributed by atoms with Crippen molar-refractivity contribution in [3.05, 3.63) is 71.8 Å². The van der Waals surface area contributed by atoms with Crippen molar-refractivity contribution in [2.45, 2.75) is 18.5 Å². The van der Waals surface area contributed by atoms with E-state index < -0.39 is 0 Å². The van der Waals surface area contributed by atoms with Gasteiger partial charge in [0.05, 0.1) is 25.8 Å². The van der Waals surface area contributed by atoms with Gasteiger partial charge in [-0.3, -0.25) is 4.79 Å². The first-order chi connectivity index (χ1) is 17.1. The van der Waals surface area contributed by atoms with Gasteiger partial charge in [-0.05, 0) is 65.6 Å². The van der Waals surface area contributed by atoms with Gasteiger partial charge in [0.15, 0.2) is 11.5 Å².